The third-order valence-corrected chi connectivity index (χ3v) is 3.56. The van der Waals surface area contributed by atoms with Crippen LogP contribution in [0.5, 0.6) is 0 Å². The maximum atomic E-state index is 4.45. The van der Waals surface area contributed by atoms with Crippen molar-refractivity contribution in [3.05, 3.63) is 18.0 Å². The van der Waals surface area contributed by atoms with Crippen LogP contribution < -0.4 is 5.32 Å². The molecule has 2 heterocycles. The second-order valence-electron chi connectivity index (χ2n) is 4.80. The third kappa shape index (κ3) is 2.01. The van der Waals surface area contributed by atoms with E-state index in [4.69, 9.17) is 0 Å². The summed E-state index contributed by atoms with van der Waals surface area (Å²) in [5, 5.41) is 8.17. The molecule has 2 rings (SSSR count). The molecule has 3 heteroatoms. The van der Waals surface area contributed by atoms with Crippen molar-refractivity contribution in [1.82, 2.24) is 15.1 Å². The van der Waals surface area contributed by atoms with Gasteiger partial charge in [-0.25, -0.2) is 0 Å². The molecule has 1 fully saturated rings. The Bertz CT molecular complexity index is 324. The molecule has 16 heavy (non-hydrogen) atoms. The van der Waals surface area contributed by atoms with Crippen LogP contribution in [0.15, 0.2) is 12.3 Å². The average Bonchev–Trinajstić information content (AvgIpc) is 2.88. The van der Waals surface area contributed by atoms with Crippen molar-refractivity contribution >= 4 is 0 Å². The van der Waals surface area contributed by atoms with Gasteiger partial charge in [-0.3, -0.25) is 4.68 Å². The first-order chi connectivity index (χ1) is 7.82. The highest BCUT2D eigenvalue weighted by atomic mass is 15.3. The topological polar surface area (TPSA) is 29.9 Å². The quantitative estimate of drug-likeness (QED) is 0.828. The predicted octanol–water partition coefficient (Wildman–Crippen LogP) is 2.67. The normalized spacial score (nSPS) is 25.1. The van der Waals surface area contributed by atoms with E-state index in [2.05, 4.69) is 35.0 Å². The highest BCUT2D eigenvalue weighted by Gasteiger charge is 2.36. The summed E-state index contributed by atoms with van der Waals surface area (Å²) >= 11 is 0. The van der Waals surface area contributed by atoms with Crippen molar-refractivity contribution in [3.63, 3.8) is 0 Å². The SMILES string of the molecule is CCCn1nccc1C1(CCC)CCCN1. The van der Waals surface area contributed by atoms with Gasteiger partial charge in [0.05, 0.1) is 11.2 Å². The standard InChI is InChI=1S/C13H23N3/c1-3-7-13(8-5-9-14-13)12-6-10-15-16(12)11-4-2/h6,10,14H,3-5,7-9,11H2,1-2H3. The smallest absolute Gasteiger partial charge is 0.0606 e. The molecule has 1 atom stereocenters. The zero-order chi connectivity index (χ0) is 11.4. The van der Waals surface area contributed by atoms with Crippen LogP contribution in [-0.2, 0) is 12.1 Å². The Morgan fingerprint density at radius 1 is 1.44 bits per heavy atom. The second kappa shape index (κ2) is 5.00. The highest BCUT2D eigenvalue weighted by molar-refractivity contribution is 5.17. The van der Waals surface area contributed by atoms with Crippen LogP contribution in [0.3, 0.4) is 0 Å². The van der Waals surface area contributed by atoms with Gasteiger partial charge in [0.25, 0.3) is 0 Å². The molecule has 0 spiro atoms. The Morgan fingerprint density at radius 2 is 2.31 bits per heavy atom. The molecule has 0 radical (unpaired) electrons. The average molecular weight is 221 g/mol. The van der Waals surface area contributed by atoms with Gasteiger partial charge in [-0.05, 0) is 38.3 Å². The van der Waals surface area contributed by atoms with Crippen LogP contribution in [-0.4, -0.2) is 16.3 Å². The van der Waals surface area contributed by atoms with Gasteiger partial charge in [0.15, 0.2) is 0 Å². The Labute approximate surface area is 98.2 Å². The first kappa shape index (κ1) is 11.6. The Morgan fingerprint density at radius 3 is 2.94 bits per heavy atom. The van der Waals surface area contributed by atoms with Crippen LogP contribution in [0.25, 0.3) is 0 Å². The molecule has 0 aliphatic carbocycles. The van der Waals surface area contributed by atoms with Crippen LogP contribution >= 0.6 is 0 Å². The Balaban J connectivity index is 2.27. The lowest BCUT2D eigenvalue weighted by Crippen LogP contribution is -2.38. The minimum absolute atomic E-state index is 0.209. The first-order valence-electron chi connectivity index (χ1n) is 6.59. The molecule has 0 aromatic carbocycles. The number of rotatable bonds is 5. The fraction of sp³-hybridized carbons (Fsp3) is 0.769. The molecular weight excluding hydrogens is 198 g/mol. The van der Waals surface area contributed by atoms with E-state index in [-0.39, 0.29) is 5.54 Å². The lowest BCUT2D eigenvalue weighted by molar-refractivity contribution is 0.323. The fourth-order valence-corrected chi connectivity index (χ4v) is 2.92. The molecule has 0 amide bonds. The van der Waals surface area contributed by atoms with Crippen molar-refractivity contribution < 1.29 is 0 Å². The van der Waals surface area contributed by atoms with E-state index >= 15 is 0 Å². The van der Waals surface area contributed by atoms with Gasteiger partial charge in [0.1, 0.15) is 0 Å². The molecule has 1 aromatic heterocycles. The molecule has 1 unspecified atom stereocenters. The summed E-state index contributed by atoms with van der Waals surface area (Å²) in [5.74, 6) is 0. The number of nitrogens with zero attached hydrogens (tertiary/aromatic N) is 2. The highest BCUT2D eigenvalue weighted by Crippen LogP contribution is 2.35. The molecule has 0 bridgehead atoms. The van der Waals surface area contributed by atoms with Crippen molar-refractivity contribution in [2.24, 2.45) is 0 Å². The number of hydrogen-bond acceptors (Lipinski definition) is 2. The number of aryl methyl sites for hydroxylation is 1. The number of hydrogen-bond donors (Lipinski definition) is 1. The fourth-order valence-electron chi connectivity index (χ4n) is 2.92. The summed E-state index contributed by atoms with van der Waals surface area (Å²) in [4.78, 5) is 0. The molecule has 3 nitrogen and oxygen atoms in total. The largest absolute Gasteiger partial charge is 0.306 e. The minimum atomic E-state index is 0.209. The molecule has 90 valence electrons. The summed E-state index contributed by atoms with van der Waals surface area (Å²) in [7, 11) is 0. The summed E-state index contributed by atoms with van der Waals surface area (Å²) in [6.07, 6.45) is 8.10. The molecular formula is C13H23N3. The summed E-state index contributed by atoms with van der Waals surface area (Å²) in [6.45, 7) is 6.66. The van der Waals surface area contributed by atoms with E-state index in [9.17, 15) is 0 Å². The van der Waals surface area contributed by atoms with Gasteiger partial charge < -0.3 is 5.32 Å². The third-order valence-electron chi connectivity index (χ3n) is 3.56. The minimum Gasteiger partial charge on any atom is -0.306 e. The van der Waals surface area contributed by atoms with Crippen molar-refractivity contribution in [2.75, 3.05) is 6.54 Å². The molecule has 1 saturated heterocycles. The summed E-state index contributed by atoms with van der Waals surface area (Å²) < 4.78 is 2.19. The Hall–Kier alpha value is -0.830. The van der Waals surface area contributed by atoms with Crippen molar-refractivity contribution in [3.8, 4) is 0 Å². The summed E-state index contributed by atoms with van der Waals surface area (Å²) in [5.41, 5.74) is 1.61. The van der Waals surface area contributed by atoms with Crippen LogP contribution in [0.1, 0.15) is 51.6 Å². The van der Waals surface area contributed by atoms with Gasteiger partial charge in [-0.2, -0.15) is 5.10 Å². The molecule has 1 N–H and O–H groups in total. The maximum Gasteiger partial charge on any atom is 0.0606 e. The van der Waals surface area contributed by atoms with E-state index in [0.717, 1.165) is 19.5 Å². The van der Waals surface area contributed by atoms with Crippen LogP contribution in [0, 0.1) is 0 Å². The van der Waals surface area contributed by atoms with Gasteiger partial charge in [-0.1, -0.05) is 20.3 Å². The number of nitrogens with one attached hydrogen (secondary N) is 1. The lowest BCUT2D eigenvalue weighted by Gasteiger charge is -2.30. The predicted molar refractivity (Wildman–Crippen MR) is 66.3 cm³/mol. The van der Waals surface area contributed by atoms with Gasteiger partial charge >= 0.3 is 0 Å². The van der Waals surface area contributed by atoms with Gasteiger partial charge in [0, 0.05) is 12.7 Å². The monoisotopic (exact) mass is 221 g/mol. The van der Waals surface area contributed by atoms with Crippen molar-refractivity contribution in [2.45, 2.75) is 58.0 Å². The zero-order valence-electron chi connectivity index (χ0n) is 10.5. The van der Waals surface area contributed by atoms with Gasteiger partial charge in [-0.15, -0.1) is 0 Å². The lowest BCUT2D eigenvalue weighted by atomic mass is 9.88. The second-order valence-corrected chi connectivity index (χ2v) is 4.80. The molecule has 1 aromatic rings. The van der Waals surface area contributed by atoms with Gasteiger partial charge in [0.2, 0.25) is 0 Å². The van der Waals surface area contributed by atoms with E-state index in [1.165, 1.54) is 31.4 Å². The van der Waals surface area contributed by atoms with Crippen LogP contribution in [0.4, 0.5) is 0 Å². The van der Waals surface area contributed by atoms with E-state index in [0.29, 0.717) is 0 Å². The van der Waals surface area contributed by atoms with E-state index in [1.54, 1.807) is 0 Å². The summed E-state index contributed by atoms with van der Waals surface area (Å²) in [6, 6.07) is 2.20. The van der Waals surface area contributed by atoms with E-state index < -0.39 is 0 Å². The zero-order valence-corrected chi connectivity index (χ0v) is 10.5. The maximum absolute atomic E-state index is 4.45. The molecule has 1 aliphatic rings. The number of aromatic nitrogens is 2. The van der Waals surface area contributed by atoms with Crippen LogP contribution in [0.2, 0.25) is 0 Å². The van der Waals surface area contributed by atoms with Crippen molar-refractivity contribution in [1.29, 1.82) is 0 Å². The first-order valence-corrected chi connectivity index (χ1v) is 6.59. The molecule has 1 aliphatic heterocycles. The van der Waals surface area contributed by atoms with E-state index in [1.807, 2.05) is 6.20 Å². The molecule has 0 saturated carbocycles. The Kier molecular flexibility index (Phi) is 3.64.